The van der Waals surface area contributed by atoms with Crippen molar-refractivity contribution in [1.29, 1.82) is 0 Å². The highest BCUT2D eigenvalue weighted by atomic mass is 35.5. The third kappa shape index (κ3) is 2.98. The second kappa shape index (κ2) is 5.34. The van der Waals surface area contributed by atoms with E-state index in [4.69, 9.17) is 11.6 Å². The number of rotatable bonds is 4. The van der Waals surface area contributed by atoms with Crippen LogP contribution in [0.25, 0.3) is 0 Å². The first-order valence-electron chi connectivity index (χ1n) is 5.67. The summed E-state index contributed by atoms with van der Waals surface area (Å²) in [6.07, 6.45) is 1.26. The molecule has 0 amide bonds. The van der Waals surface area contributed by atoms with E-state index in [9.17, 15) is 18.5 Å². The van der Waals surface area contributed by atoms with Crippen molar-refractivity contribution in [3.05, 3.63) is 45.4 Å². The summed E-state index contributed by atoms with van der Waals surface area (Å²) in [5.41, 5.74) is 0.424. The molecule has 10 heteroatoms. The number of sulfonamides is 1. The van der Waals surface area contributed by atoms with Crippen LogP contribution in [0.2, 0.25) is 5.15 Å². The molecular weight excluding hydrogens is 320 g/mol. The van der Waals surface area contributed by atoms with Gasteiger partial charge in [0.2, 0.25) is 5.03 Å². The van der Waals surface area contributed by atoms with Gasteiger partial charge in [-0.1, -0.05) is 17.7 Å². The number of aromatic nitrogens is 2. The molecule has 21 heavy (non-hydrogen) atoms. The second-order valence-electron chi connectivity index (χ2n) is 4.31. The number of nitro benzene ring substituents is 1. The molecule has 0 bridgehead atoms. The van der Waals surface area contributed by atoms with Crippen LogP contribution in [-0.4, -0.2) is 22.9 Å². The quantitative estimate of drug-likeness (QED) is 0.682. The largest absolute Gasteiger partial charge is 0.324 e. The van der Waals surface area contributed by atoms with Gasteiger partial charge in [-0.2, -0.15) is 8.42 Å². The van der Waals surface area contributed by atoms with Crippen molar-refractivity contribution in [2.45, 2.75) is 11.9 Å². The lowest BCUT2D eigenvalue weighted by Gasteiger charge is -2.09. The molecule has 1 N–H and O–H groups in total. The van der Waals surface area contributed by atoms with E-state index >= 15 is 0 Å². The molecule has 112 valence electrons. The van der Waals surface area contributed by atoms with Crippen LogP contribution in [0.5, 0.6) is 0 Å². The summed E-state index contributed by atoms with van der Waals surface area (Å²) < 4.78 is 28.1. The van der Waals surface area contributed by atoms with E-state index in [2.05, 4.69) is 9.71 Å². The maximum absolute atomic E-state index is 12.2. The summed E-state index contributed by atoms with van der Waals surface area (Å²) in [6, 6.07) is 3.89. The van der Waals surface area contributed by atoms with Crippen LogP contribution in [0.4, 0.5) is 11.4 Å². The van der Waals surface area contributed by atoms with Gasteiger partial charge < -0.3 is 4.57 Å². The predicted molar refractivity (Wildman–Crippen MR) is 76.9 cm³/mol. The number of halogens is 1. The molecule has 0 aliphatic carbocycles. The summed E-state index contributed by atoms with van der Waals surface area (Å²) in [7, 11) is -2.48. The van der Waals surface area contributed by atoms with E-state index in [1.54, 1.807) is 14.0 Å². The number of anilines is 1. The lowest BCUT2D eigenvalue weighted by Crippen LogP contribution is -2.15. The number of nitrogens with one attached hydrogen (secondary N) is 1. The average Bonchev–Trinajstić information content (AvgIpc) is 2.73. The minimum atomic E-state index is -4.02. The fourth-order valence-electron chi connectivity index (χ4n) is 1.60. The molecule has 1 aromatic carbocycles. The Bertz CT molecular complexity index is 816. The van der Waals surface area contributed by atoms with Crippen LogP contribution >= 0.6 is 11.6 Å². The standard InChI is InChI=1S/C11H11ClN4O4S/c1-7-3-4-8(16(17)18)5-9(7)14-21(19,20)11-10(12)15(2)6-13-11/h3-6,14H,1-2H3. The fourth-order valence-corrected chi connectivity index (χ4v) is 3.16. The van der Waals surface area contributed by atoms with Crippen LogP contribution in [-0.2, 0) is 17.1 Å². The Labute approximate surface area is 125 Å². The number of nitro groups is 1. The van der Waals surface area contributed by atoms with Gasteiger partial charge in [-0.15, -0.1) is 0 Å². The second-order valence-corrected chi connectivity index (χ2v) is 6.27. The van der Waals surface area contributed by atoms with E-state index in [-0.39, 0.29) is 21.6 Å². The van der Waals surface area contributed by atoms with Crippen LogP contribution in [0.1, 0.15) is 5.56 Å². The summed E-state index contributed by atoms with van der Waals surface area (Å²) in [5.74, 6) is 0. The SMILES string of the molecule is Cc1ccc([N+](=O)[O-])cc1NS(=O)(=O)c1ncn(C)c1Cl. The van der Waals surface area contributed by atoms with E-state index in [1.165, 1.54) is 23.0 Å². The smallest absolute Gasteiger partial charge is 0.282 e. The van der Waals surface area contributed by atoms with Crippen molar-refractivity contribution < 1.29 is 13.3 Å². The summed E-state index contributed by atoms with van der Waals surface area (Å²) >= 11 is 5.85. The fraction of sp³-hybridized carbons (Fsp3) is 0.182. The summed E-state index contributed by atoms with van der Waals surface area (Å²) in [6.45, 7) is 1.63. The molecule has 0 radical (unpaired) electrons. The topological polar surface area (TPSA) is 107 Å². The molecule has 0 atom stereocenters. The van der Waals surface area contributed by atoms with Crippen molar-refractivity contribution >= 4 is 33.0 Å². The van der Waals surface area contributed by atoms with Crippen molar-refractivity contribution in [1.82, 2.24) is 9.55 Å². The van der Waals surface area contributed by atoms with Crippen LogP contribution < -0.4 is 4.72 Å². The lowest BCUT2D eigenvalue weighted by atomic mass is 10.2. The Morgan fingerprint density at radius 1 is 1.43 bits per heavy atom. The van der Waals surface area contributed by atoms with Crippen molar-refractivity contribution in [2.24, 2.45) is 7.05 Å². The highest BCUT2D eigenvalue weighted by Crippen LogP contribution is 2.26. The third-order valence-electron chi connectivity index (χ3n) is 2.77. The van der Waals surface area contributed by atoms with Crippen molar-refractivity contribution in [3.63, 3.8) is 0 Å². The lowest BCUT2D eigenvalue weighted by molar-refractivity contribution is -0.384. The van der Waals surface area contributed by atoms with Gasteiger partial charge in [-0.05, 0) is 12.5 Å². The van der Waals surface area contributed by atoms with Gasteiger partial charge in [0.15, 0.2) is 0 Å². The monoisotopic (exact) mass is 330 g/mol. The molecule has 0 saturated heterocycles. The number of non-ortho nitro benzene ring substituents is 1. The van der Waals surface area contributed by atoms with Crippen LogP contribution in [0.15, 0.2) is 29.6 Å². The number of hydrogen-bond donors (Lipinski definition) is 1. The van der Waals surface area contributed by atoms with Gasteiger partial charge in [0.25, 0.3) is 15.7 Å². The number of benzene rings is 1. The van der Waals surface area contributed by atoms with Gasteiger partial charge in [-0.3, -0.25) is 14.8 Å². The van der Waals surface area contributed by atoms with E-state index in [1.807, 2.05) is 0 Å². The predicted octanol–water partition coefficient (Wildman–Crippen LogP) is 2.09. The number of aryl methyl sites for hydroxylation is 2. The molecule has 0 fully saturated rings. The molecule has 0 unspecified atom stereocenters. The minimum Gasteiger partial charge on any atom is -0.324 e. The Morgan fingerprint density at radius 3 is 2.62 bits per heavy atom. The highest BCUT2D eigenvalue weighted by molar-refractivity contribution is 7.92. The first kappa shape index (κ1) is 15.3. The Kier molecular flexibility index (Phi) is 3.88. The molecule has 2 rings (SSSR count). The van der Waals surface area contributed by atoms with Crippen LogP contribution in [0, 0.1) is 17.0 Å². The zero-order valence-corrected chi connectivity index (χ0v) is 12.6. The van der Waals surface area contributed by atoms with Crippen LogP contribution in [0.3, 0.4) is 0 Å². The normalized spacial score (nSPS) is 11.4. The Balaban J connectivity index is 2.44. The van der Waals surface area contributed by atoms with Crippen molar-refractivity contribution in [3.8, 4) is 0 Å². The highest BCUT2D eigenvalue weighted by Gasteiger charge is 2.23. The Hall–Kier alpha value is -2.13. The molecule has 0 aliphatic heterocycles. The Morgan fingerprint density at radius 2 is 2.10 bits per heavy atom. The summed E-state index contributed by atoms with van der Waals surface area (Å²) in [5, 5.41) is 10.4. The maximum atomic E-state index is 12.2. The molecule has 0 aliphatic rings. The van der Waals surface area contributed by atoms with Gasteiger partial charge >= 0.3 is 0 Å². The molecule has 0 spiro atoms. The van der Waals surface area contributed by atoms with Gasteiger partial charge in [0.05, 0.1) is 16.9 Å². The van der Waals surface area contributed by atoms with Gasteiger partial charge in [0, 0.05) is 19.2 Å². The maximum Gasteiger partial charge on any atom is 0.282 e. The van der Waals surface area contributed by atoms with E-state index in [0.717, 1.165) is 6.07 Å². The third-order valence-corrected chi connectivity index (χ3v) is 4.62. The molecule has 1 aromatic heterocycles. The number of hydrogen-bond acceptors (Lipinski definition) is 5. The molecule has 0 saturated carbocycles. The zero-order valence-electron chi connectivity index (χ0n) is 11.1. The average molecular weight is 331 g/mol. The van der Waals surface area contributed by atoms with Gasteiger partial charge in [0.1, 0.15) is 5.15 Å². The molecular formula is C11H11ClN4O4S. The first-order valence-corrected chi connectivity index (χ1v) is 7.53. The number of nitrogens with zero attached hydrogens (tertiary/aromatic N) is 3. The van der Waals surface area contributed by atoms with E-state index < -0.39 is 14.9 Å². The first-order chi connectivity index (χ1) is 9.72. The minimum absolute atomic E-state index is 0.0504. The van der Waals surface area contributed by atoms with Crippen molar-refractivity contribution in [2.75, 3.05) is 4.72 Å². The molecule has 2 aromatic rings. The summed E-state index contributed by atoms with van der Waals surface area (Å²) in [4.78, 5) is 13.9. The zero-order chi connectivity index (χ0) is 15.8. The van der Waals surface area contributed by atoms with Gasteiger partial charge in [-0.25, -0.2) is 4.98 Å². The molecule has 1 heterocycles. The number of imidazole rings is 1. The van der Waals surface area contributed by atoms with E-state index in [0.29, 0.717) is 5.56 Å². The molecule has 8 nitrogen and oxygen atoms in total.